The maximum atomic E-state index is 10.4. The summed E-state index contributed by atoms with van der Waals surface area (Å²) in [4.78, 5) is 10.4. The minimum absolute atomic E-state index is 0.268. The van der Waals surface area contributed by atoms with Crippen LogP contribution >= 0.6 is 0 Å². The molecule has 1 heterocycles. The van der Waals surface area contributed by atoms with Gasteiger partial charge < -0.3 is 9.84 Å². The summed E-state index contributed by atoms with van der Waals surface area (Å²) in [6.45, 7) is 0. The minimum atomic E-state index is -1.17. The summed E-state index contributed by atoms with van der Waals surface area (Å²) in [6, 6.07) is 0.481. The van der Waals surface area contributed by atoms with Crippen LogP contribution in [0.4, 0.5) is 4.79 Å². The van der Waals surface area contributed by atoms with E-state index in [1.165, 1.54) is 38.5 Å². The van der Waals surface area contributed by atoms with Gasteiger partial charge in [0.1, 0.15) is 0 Å². The number of carboxylic acid groups (broad SMARTS) is 1. The first-order valence-electron chi connectivity index (χ1n) is 5.91. The summed E-state index contributed by atoms with van der Waals surface area (Å²) in [6.07, 6.45) is 7.00. The second kappa shape index (κ2) is 4.84. The third kappa shape index (κ3) is 2.84. The molecule has 0 amide bonds. The number of carbonyl (C=O) groups is 1. The van der Waals surface area contributed by atoms with Gasteiger partial charge in [-0.1, -0.05) is 25.7 Å². The summed E-state index contributed by atoms with van der Waals surface area (Å²) in [5, 5.41) is 11.8. The molecule has 15 heavy (non-hydrogen) atoms. The Bertz CT molecular complexity index is 216. The van der Waals surface area contributed by atoms with E-state index in [1.807, 2.05) is 0 Å². The van der Waals surface area contributed by atoms with Crippen LogP contribution in [0.25, 0.3) is 0 Å². The molecule has 4 nitrogen and oxygen atoms in total. The number of hydrogen-bond acceptors (Lipinski definition) is 3. The van der Waals surface area contributed by atoms with Crippen LogP contribution in [0.1, 0.15) is 44.9 Å². The molecule has 0 aromatic heterocycles. The highest BCUT2D eigenvalue weighted by atomic mass is 16.7. The topological polar surface area (TPSA) is 58.6 Å². The van der Waals surface area contributed by atoms with Crippen molar-refractivity contribution in [3.8, 4) is 0 Å². The van der Waals surface area contributed by atoms with E-state index in [-0.39, 0.29) is 6.23 Å². The van der Waals surface area contributed by atoms with Crippen LogP contribution in [0.2, 0.25) is 0 Å². The monoisotopic (exact) mass is 213 g/mol. The molecule has 1 saturated heterocycles. The zero-order valence-corrected chi connectivity index (χ0v) is 8.95. The van der Waals surface area contributed by atoms with Crippen molar-refractivity contribution in [2.24, 2.45) is 5.92 Å². The predicted octanol–water partition coefficient (Wildman–Crippen LogP) is 2.34. The summed E-state index contributed by atoms with van der Waals surface area (Å²) in [5.41, 5.74) is 0. The summed E-state index contributed by atoms with van der Waals surface area (Å²) < 4.78 is 4.79. The van der Waals surface area contributed by atoms with Gasteiger partial charge in [0.25, 0.3) is 0 Å². The van der Waals surface area contributed by atoms with Gasteiger partial charge in [-0.05, 0) is 18.8 Å². The SMILES string of the molecule is O=C(O)OC1CC2CCCCCCC2N1. The Labute approximate surface area is 90.0 Å². The van der Waals surface area contributed by atoms with Crippen molar-refractivity contribution >= 4 is 6.16 Å². The van der Waals surface area contributed by atoms with Crippen molar-refractivity contribution in [1.82, 2.24) is 5.32 Å². The molecule has 1 aliphatic carbocycles. The highest BCUT2D eigenvalue weighted by molar-refractivity contribution is 5.57. The Morgan fingerprint density at radius 2 is 1.93 bits per heavy atom. The highest BCUT2D eigenvalue weighted by Gasteiger charge is 2.35. The zero-order valence-electron chi connectivity index (χ0n) is 8.95. The maximum absolute atomic E-state index is 10.4. The lowest BCUT2D eigenvalue weighted by Crippen LogP contribution is -2.34. The van der Waals surface area contributed by atoms with Crippen molar-refractivity contribution in [1.29, 1.82) is 0 Å². The molecule has 0 bridgehead atoms. The number of ether oxygens (including phenoxy) is 1. The van der Waals surface area contributed by atoms with Crippen molar-refractivity contribution in [3.05, 3.63) is 0 Å². The van der Waals surface area contributed by atoms with Crippen molar-refractivity contribution in [2.75, 3.05) is 0 Å². The molecule has 2 aliphatic rings. The van der Waals surface area contributed by atoms with Crippen molar-refractivity contribution in [3.63, 3.8) is 0 Å². The lowest BCUT2D eigenvalue weighted by Gasteiger charge is -2.21. The Morgan fingerprint density at radius 1 is 1.20 bits per heavy atom. The fourth-order valence-corrected chi connectivity index (χ4v) is 2.85. The number of fused-ring (bicyclic) bond motifs is 1. The van der Waals surface area contributed by atoms with E-state index in [1.54, 1.807) is 0 Å². The van der Waals surface area contributed by atoms with Gasteiger partial charge in [0.05, 0.1) is 0 Å². The Hall–Kier alpha value is -0.770. The van der Waals surface area contributed by atoms with E-state index >= 15 is 0 Å². The van der Waals surface area contributed by atoms with E-state index < -0.39 is 6.16 Å². The van der Waals surface area contributed by atoms with Crippen LogP contribution in [0.3, 0.4) is 0 Å². The van der Waals surface area contributed by atoms with Gasteiger partial charge in [0, 0.05) is 12.5 Å². The van der Waals surface area contributed by atoms with Crippen LogP contribution in [-0.4, -0.2) is 23.5 Å². The molecule has 3 atom stereocenters. The number of rotatable bonds is 1. The Morgan fingerprint density at radius 3 is 2.67 bits per heavy atom. The third-order valence-electron chi connectivity index (χ3n) is 3.57. The molecule has 2 rings (SSSR count). The molecule has 0 radical (unpaired) electrons. The first-order valence-corrected chi connectivity index (χ1v) is 5.91. The van der Waals surface area contributed by atoms with Gasteiger partial charge in [0.2, 0.25) is 0 Å². The first kappa shape index (κ1) is 10.7. The summed E-state index contributed by atoms with van der Waals surface area (Å²) in [7, 11) is 0. The predicted molar refractivity (Wildman–Crippen MR) is 55.6 cm³/mol. The number of hydrogen-bond donors (Lipinski definition) is 2. The molecule has 1 saturated carbocycles. The lowest BCUT2D eigenvalue weighted by molar-refractivity contribution is 0.0427. The van der Waals surface area contributed by atoms with E-state index in [9.17, 15) is 4.79 Å². The normalized spacial score (nSPS) is 36.4. The average molecular weight is 213 g/mol. The molecule has 2 N–H and O–H groups in total. The van der Waals surface area contributed by atoms with Crippen LogP contribution in [-0.2, 0) is 4.74 Å². The van der Waals surface area contributed by atoms with Gasteiger partial charge in [-0.25, -0.2) is 4.79 Å². The standard InChI is InChI=1S/C11H19NO3/c13-11(14)15-10-7-8-5-3-1-2-4-6-9(8)12-10/h8-10,12H,1-7H2,(H,13,14). The molecule has 0 aromatic carbocycles. The fourth-order valence-electron chi connectivity index (χ4n) is 2.85. The largest absolute Gasteiger partial charge is 0.507 e. The van der Waals surface area contributed by atoms with Crippen molar-refractivity contribution in [2.45, 2.75) is 57.2 Å². The molecular weight excluding hydrogens is 194 g/mol. The molecule has 86 valence electrons. The van der Waals surface area contributed by atoms with Gasteiger partial charge in [-0.15, -0.1) is 0 Å². The fraction of sp³-hybridized carbons (Fsp3) is 0.909. The Kier molecular flexibility index (Phi) is 3.46. The highest BCUT2D eigenvalue weighted by Crippen LogP contribution is 2.31. The van der Waals surface area contributed by atoms with Crippen LogP contribution < -0.4 is 5.32 Å². The van der Waals surface area contributed by atoms with E-state index in [2.05, 4.69) is 5.32 Å². The molecule has 0 spiro atoms. The first-order chi connectivity index (χ1) is 7.25. The molecule has 1 aliphatic heterocycles. The van der Waals surface area contributed by atoms with Crippen LogP contribution in [0.5, 0.6) is 0 Å². The quantitative estimate of drug-likeness (QED) is 0.656. The second-order valence-corrected chi connectivity index (χ2v) is 4.63. The van der Waals surface area contributed by atoms with Gasteiger partial charge in [-0.2, -0.15) is 0 Å². The average Bonchev–Trinajstić information content (AvgIpc) is 2.46. The molecule has 4 heteroatoms. The van der Waals surface area contributed by atoms with E-state index in [4.69, 9.17) is 9.84 Å². The molecular formula is C11H19NO3. The lowest BCUT2D eigenvalue weighted by atomic mass is 9.88. The third-order valence-corrected chi connectivity index (χ3v) is 3.57. The summed E-state index contributed by atoms with van der Waals surface area (Å²) in [5.74, 6) is 0.620. The summed E-state index contributed by atoms with van der Waals surface area (Å²) >= 11 is 0. The van der Waals surface area contributed by atoms with Gasteiger partial charge in [-0.3, -0.25) is 5.32 Å². The van der Waals surface area contributed by atoms with Gasteiger partial charge in [0.15, 0.2) is 6.23 Å². The minimum Gasteiger partial charge on any atom is -0.450 e. The molecule has 0 aromatic rings. The van der Waals surface area contributed by atoms with Crippen LogP contribution in [0.15, 0.2) is 0 Å². The Balaban J connectivity index is 1.88. The van der Waals surface area contributed by atoms with E-state index in [0.717, 1.165) is 6.42 Å². The van der Waals surface area contributed by atoms with Crippen LogP contribution in [0, 0.1) is 5.92 Å². The maximum Gasteiger partial charge on any atom is 0.507 e. The molecule has 3 unspecified atom stereocenters. The number of nitrogens with one attached hydrogen (secondary N) is 1. The second-order valence-electron chi connectivity index (χ2n) is 4.63. The smallest absolute Gasteiger partial charge is 0.450 e. The zero-order chi connectivity index (χ0) is 10.7. The van der Waals surface area contributed by atoms with E-state index in [0.29, 0.717) is 12.0 Å². The molecule has 2 fully saturated rings. The van der Waals surface area contributed by atoms with Gasteiger partial charge >= 0.3 is 6.16 Å². The van der Waals surface area contributed by atoms with Crippen molar-refractivity contribution < 1.29 is 14.6 Å².